The van der Waals surface area contributed by atoms with Crippen LogP contribution in [0.1, 0.15) is 12.5 Å². The molecule has 70 valence electrons. The van der Waals surface area contributed by atoms with Crippen molar-refractivity contribution in [3.05, 3.63) is 35.9 Å². The smallest absolute Gasteiger partial charge is 0.104 e. The molecule has 0 radical (unpaired) electrons. The summed E-state index contributed by atoms with van der Waals surface area (Å²) in [6.07, 6.45) is 0. The van der Waals surface area contributed by atoms with Gasteiger partial charge >= 0.3 is 0 Å². The maximum Gasteiger partial charge on any atom is 0.104 e. The minimum absolute atomic E-state index is 0.993. The Balaban J connectivity index is 2.31. The van der Waals surface area contributed by atoms with Crippen LogP contribution in [-0.2, 0) is 5.75 Å². The van der Waals surface area contributed by atoms with Crippen LogP contribution in [0.25, 0.3) is 0 Å². The highest BCUT2D eigenvalue weighted by Gasteiger charge is 1.97. The molecule has 3 heteroatoms. The van der Waals surface area contributed by atoms with Crippen LogP contribution in [0.4, 0.5) is 0 Å². The second-order valence-corrected chi connectivity index (χ2v) is 5.90. The van der Waals surface area contributed by atoms with Crippen molar-refractivity contribution in [1.82, 2.24) is 0 Å². The summed E-state index contributed by atoms with van der Waals surface area (Å²) in [6.45, 7) is 2.13. The van der Waals surface area contributed by atoms with Crippen LogP contribution in [0.15, 0.2) is 30.3 Å². The summed E-state index contributed by atoms with van der Waals surface area (Å²) < 4.78 is 1.05. The molecule has 0 saturated carbocycles. The van der Waals surface area contributed by atoms with Crippen molar-refractivity contribution in [2.24, 2.45) is 0 Å². The predicted octanol–water partition coefficient (Wildman–Crippen LogP) is 3.96. The lowest BCUT2D eigenvalue weighted by atomic mass is 10.2. The largest absolute Gasteiger partial charge is 0.108 e. The summed E-state index contributed by atoms with van der Waals surface area (Å²) in [5.74, 6) is 2.06. The molecular formula is C10H12S3. The standard InChI is InChI=1S/C10H12S3/c1-2-12-10(11)13-8-9-6-4-3-5-7-9/h3-7H,2,8H2,1H3. The van der Waals surface area contributed by atoms with Gasteiger partial charge in [0.15, 0.2) is 0 Å². The van der Waals surface area contributed by atoms with Gasteiger partial charge in [-0.2, -0.15) is 0 Å². The fourth-order valence-corrected chi connectivity index (χ4v) is 2.98. The van der Waals surface area contributed by atoms with Crippen molar-refractivity contribution in [2.45, 2.75) is 12.7 Å². The first-order valence-electron chi connectivity index (χ1n) is 4.16. The molecule has 0 amide bonds. The molecule has 0 bridgehead atoms. The van der Waals surface area contributed by atoms with Gasteiger partial charge in [0, 0.05) is 5.75 Å². The third-order valence-electron chi connectivity index (χ3n) is 1.46. The Morgan fingerprint density at radius 3 is 2.54 bits per heavy atom. The van der Waals surface area contributed by atoms with E-state index in [1.54, 1.807) is 23.5 Å². The van der Waals surface area contributed by atoms with Crippen molar-refractivity contribution >= 4 is 39.3 Å². The van der Waals surface area contributed by atoms with Gasteiger partial charge in [-0.25, -0.2) is 0 Å². The lowest BCUT2D eigenvalue weighted by Gasteiger charge is -2.01. The highest BCUT2D eigenvalue weighted by atomic mass is 32.2. The minimum atomic E-state index is 0.993. The van der Waals surface area contributed by atoms with Gasteiger partial charge in [-0.3, -0.25) is 0 Å². The van der Waals surface area contributed by atoms with E-state index in [2.05, 4.69) is 31.2 Å². The SMILES string of the molecule is CCSC(=S)SCc1ccccc1. The van der Waals surface area contributed by atoms with Gasteiger partial charge in [-0.15, -0.1) is 23.5 Å². The molecule has 0 aliphatic carbocycles. The molecule has 1 rings (SSSR count). The van der Waals surface area contributed by atoms with Crippen LogP contribution in [0.3, 0.4) is 0 Å². The average molecular weight is 228 g/mol. The lowest BCUT2D eigenvalue weighted by Crippen LogP contribution is -1.84. The minimum Gasteiger partial charge on any atom is -0.108 e. The number of benzene rings is 1. The normalized spacial score (nSPS) is 9.92. The molecule has 1 aromatic rings. The highest BCUT2D eigenvalue weighted by molar-refractivity contribution is 8.46. The summed E-state index contributed by atoms with van der Waals surface area (Å²) in [6, 6.07) is 10.4. The van der Waals surface area contributed by atoms with E-state index in [-0.39, 0.29) is 0 Å². The number of rotatable bonds is 3. The van der Waals surface area contributed by atoms with Crippen LogP contribution >= 0.6 is 35.7 Å². The molecule has 1 aromatic carbocycles. The van der Waals surface area contributed by atoms with E-state index < -0.39 is 0 Å². The predicted molar refractivity (Wildman–Crippen MR) is 68.5 cm³/mol. The van der Waals surface area contributed by atoms with Gasteiger partial charge in [0.05, 0.1) is 0 Å². The third kappa shape index (κ3) is 4.69. The monoisotopic (exact) mass is 228 g/mol. The Morgan fingerprint density at radius 1 is 1.23 bits per heavy atom. The molecule has 0 aliphatic heterocycles. The van der Waals surface area contributed by atoms with Gasteiger partial charge in [-0.1, -0.05) is 49.5 Å². The number of thiocarbonyl (C=S) groups is 1. The summed E-state index contributed by atoms with van der Waals surface area (Å²) in [5, 5.41) is 0. The zero-order chi connectivity index (χ0) is 9.52. The zero-order valence-corrected chi connectivity index (χ0v) is 9.98. The van der Waals surface area contributed by atoms with E-state index in [1.165, 1.54) is 5.56 Å². The summed E-state index contributed by atoms with van der Waals surface area (Å²) in [7, 11) is 0. The fourth-order valence-electron chi connectivity index (χ4n) is 0.876. The van der Waals surface area contributed by atoms with E-state index in [9.17, 15) is 0 Å². The molecule has 0 aromatic heterocycles. The molecule has 0 atom stereocenters. The van der Waals surface area contributed by atoms with Gasteiger partial charge in [-0.05, 0) is 11.3 Å². The number of hydrogen-bond acceptors (Lipinski definition) is 3. The van der Waals surface area contributed by atoms with E-state index in [0.717, 1.165) is 15.0 Å². The molecule has 0 aliphatic rings. The van der Waals surface area contributed by atoms with E-state index in [4.69, 9.17) is 12.2 Å². The Bertz CT molecular complexity index is 256. The highest BCUT2D eigenvalue weighted by Crippen LogP contribution is 2.20. The summed E-state index contributed by atoms with van der Waals surface area (Å²) >= 11 is 8.67. The molecular weight excluding hydrogens is 216 g/mol. The number of hydrogen-bond donors (Lipinski definition) is 0. The maximum atomic E-state index is 5.18. The van der Waals surface area contributed by atoms with Gasteiger partial charge in [0.25, 0.3) is 0 Å². The zero-order valence-electron chi connectivity index (χ0n) is 7.53. The lowest BCUT2D eigenvalue weighted by molar-refractivity contribution is 1.43. The van der Waals surface area contributed by atoms with Crippen molar-refractivity contribution in [2.75, 3.05) is 5.75 Å². The fraction of sp³-hybridized carbons (Fsp3) is 0.300. The van der Waals surface area contributed by atoms with Crippen molar-refractivity contribution in [1.29, 1.82) is 0 Å². The van der Waals surface area contributed by atoms with Gasteiger partial charge in [0.1, 0.15) is 3.53 Å². The first-order chi connectivity index (χ1) is 6.33. The second-order valence-electron chi connectivity index (χ2n) is 2.46. The number of thioether (sulfide) groups is 2. The van der Waals surface area contributed by atoms with Crippen LogP contribution in [0, 0.1) is 0 Å². The van der Waals surface area contributed by atoms with Crippen molar-refractivity contribution in [3.63, 3.8) is 0 Å². The Kier molecular flexibility index (Phi) is 5.51. The average Bonchev–Trinajstić information content (AvgIpc) is 2.17. The molecule has 0 saturated heterocycles. The topological polar surface area (TPSA) is 0 Å². The quantitative estimate of drug-likeness (QED) is 0.719. The molecule has 0 unspecified atom stereocenters. The molecule has 0 fully saturated rings. The Morgan fingerprint density at radius 2 is 1.92 bits per heavy atom. The first-order valence-corrected chi connectivity index (χ1v) is 6.54. The molecule has 0 nitrogen and oxygen atoms in total. The Labute approximate surface area is 93.5 Å². The third-order valence-corrected chi connectivity index (χ3v) is 4.11. The summed E-state index contributed by atoms with van der Waals surface area (Å²) in [5.41, 5.74) is 1.34. The molecule has 0 heterocycles. The van der Waals surface area contributed by atoms with E-state index in [0.29, 0.717) is 0 Å². The Hall–Kier alpha value is 0.01000. The van der Waals surface area contributed by atoms with Crippen LogP contribution in [0.2, 0.25) is 0 Å². The molecule has 0 N–H and O–H groups in total. The van der Waals surface area contributed by atoms with Crippen LogP contribution in [0.5, 0.6) is 0 Å². The van der Waals surface area contributed by atoms with Crippen molar-refractivity contribution < 1.29 is 0 Å². The first kappa shape index (κ1) is 11.1. The summed E-state index contributed by atoms with van der Waals surface area (Å²) in [4.78, 5) is 0. The van der Waals surface area contributed by atoms with Crippen LogP contribution < -0.4 is 0 Å². The van der Waals surface area contributed by atoms with Crippen LogP contribution in [-0.4, -0.2) is 9.28 Å². The van der Waals surface area contributed by atoms with E-state index >= 15 is 0 Å². The van der Waals surface area contributed by atoms with Gasteiger partial charge < -0.3 is 0 Å². The second kappa shape index (κ2) is 6.46. The van der Waals surface area contributed by atoms with Gasteiger partial charge in [0.2, 0.25) is 0 Å². The maximum absolute atomic E-state index is 5.18. The van der Waals surface area contributed by atoms with E-state index in [1.807, 2.05) is 6.07 Å². The van der Waals surface area contributed by atoms with Crippen molar-refractivity contribution in [3.8, 4) is 0 Å². The molecule has 0 spiro atoms. The molecule has 13 heavy (non-hydrogen) atoms.